The van der Waals surface area contributed by atoms with E-state index in [0.717, 1.165) is 19.4 Å². The number of nitrogens with one attached hydrogen (secondary N) is 1. The maximum atomic E-state index is 11.7. The predicted octanol–water partition coefficient (Wildman–Crippen LogP) is 0.901. The fourth-order valence-corrected chi connectivity index (χ4v) is 1.91. The van der Waals surface area contributed by atoms with E-state index in [-0.39, 0.29) is 24.0 Å². The molecule has 0 aromatic carbocycles. The number of carbonyl (C=O) groups excluding carboxylic acids is 1. The Morgan fingerprint density at radius 1 is 1.62 bits per heavy atom. The third kappa shape index (κ3) is 3.46. The number of amides is 1. The fourth-order valence-electron chi connectivity index (χ4n) is 1.91. The zero-order valence-electron chi connectivity index (χ0n) is 10.5. The Morgan fingerprint density at radius 2 is 2.31 bits per heavy atom. The van der Waals surface area contributed by atoms with Crippen molar-refractivity contribution in [1.82, 2.24) is 5.32 Å². The normalized spacial score (nSPS) is 28.8. The lowest BCUT2D eigenvalue weighted by atomic mass is 9.98. The summed E-state index contributed by atoms with van der Waals surface area (Å²) in [6, 6.07) is -0.386. The van der Waals surface area contributed by atoms with Crippen molar-refractivity contribution in [3.8, 4) is 0 Å². The van der Waals surface area contributed by atoms with Gasteiger partial charge in [0.25, 0.3) is 0 Å². The van der Waals surface area contributed by atoms with Crippen LogP contribution in [0.15, 0.2) is 0 Å². The highest BCUT2D eigenvalue weighted by atomic mass is 16.5. The Labute approximate surface area is 97.9 Å². The Hall–Kier alpha value is -0.610. The molecule has 1 aliphatic rings. The number of hydrogen-bond acceptors (Lipinski definition) is 3. The molecule has 0 bridgehead atoms. The molecule has 1 heterocycles. The van der Waals surface area contributed by atoms with E-state index in [1.807, 2.05) is 13.8 Å². The number of carbonyl (C=O) groups is 1. The molecule has 3 N–H and O–H groups in total. The van der Waals surface area contributed by atoms with E-state index in [1.54, 1.807) is 0 Å². The van der Waals surface area contributed by atoms with Gasteiger partial charge in [-0.2, -0.15) is 0 Å². The molecule has 94 valence electrons. The number of hydrogen-bond donors (Lipinski definition) is 2. The Balaban J connectivity index is 2.29. The second kappa shape index (κ2) is 6.21. The second-order valence-corrected chi connectivity index (χ2v) is 4.78. The van der Waals surface area contributed by atoms with Gasteiger partial charge in [-0.1, -0.05) is 20.3 Å². The summed E-state index contributed by atoms with van der Waals surface area (Å²) in [6.45, 7) is 7.60. The van der Waals surface area contributed by atoms with Crippen molar-refractivity contribution < 1.29 is 9.53 Å². The van der Waals surface area contributed by atoms with Crippen LogP contribution >= 0.6 is 0 Å². The minimum Gasteiger partial charge on any atom is -0.378 e. The van der Waals surface area contributed by atoms with E-state index >= 15 is 0 Å². The van der Waals surface area contributed by atoms with Crippen LogP contribution in [0.4, 0.5) is 0 Å². The van der Waals surface area contributed by atoms with Gasteiger partial charge in [-0.05, 0) is 19.3 Å². The molecule has 1 amide bonds. The van der Waals surface area contributed by atoms with Crippen molar-refractivity contribution in [3.05, 3.63) is 0 Å². The predicted molar refractivity (Wildman–Crippen MR) is 64.0 cm³/mol. The van der Waals surface area contributed by atoms with Gasteiger partial charge in [0.15, 0.2) is 0 Å². The van der Waals surface area contributed by atoms with Gasteiger partial charge in [0, 0.05) is 19.1 Å². The molecule has 1 aliphatic heterocycles. The van der Waals surface area contributed by atoms with Crippen LogP contribution in [-0.4, -0.2) is 31.2 Å². The average molecular weight is 228 g/mol. The van der Waals surface area contributed by atoms with Crippen molar-refractivity contribution in [2.75, 3.05) is 13.2 Å². The van der Waals surface area contributed by atoms with Gasteiger partial charge in [-0.25, -0.2) is 0 Å². The molecule has 1 fully saturated rings. The summed E-state index contributed by atoms with van der Waals surface area (Å²) in [6.07, 6.45) is 2.21. The van der Waals surface area contributed by atoms with E-state index in [2.05, 4.69) is 12.2 Å². The molecule has 3 unspecified atom stereocenters. The van der Waals surface area contributed by atoms with Crippen LogP contribution in [0.25, 0.3) is 0 Å². The Kier molecular flexibility index (Phi) is 5.22. The van der Waals surface area contributed by atoms with Crippen LogP contribution < -0.4 is 11.1 Å². The van der Waals surface area contributed by atoms with Crippen molar-refractivity contribution in [3.63, 3.8) is 0 Å². The Bertz CT molecular complexity index is 233. The summed E-state index contributed by atoms with van der Waals surface area (Å²) in [4.78, 5) is 11.7. The van der Waals surface area contributed by atoms with Crippen LogP contribution in [-0.2, 0) is 9.53 Å². The van der Waals surface area contributed by atoms with Crippen molar-refractivity contribution in [2.24, 2.45) is 17.6 Å². The first-order valence-corrected chi connectivity index (χ1v) is 6.21. The molecule has 0 spiro atoms. The highest BCUT2D eigenvalue weighted by Crippen LogP contribution is 2.19. The maximum Gasteiger partial charge on any atom is 0.237 e. The molecule has 0 aromatic rings. The van der Waals surface area contributed by atoms with Gasteiger partial charge >= 0.3 is 0 Å². The van der Waals surface area contributed by atoms with E-state index in [4.69, 9.17) is 10.5 Å². The molecule has 0 radical (unpaired) electrons. The highest BCUT2D eigenvalue weighted by molar-refractivity contribution is 5.81. The van der Waals surface area contributed by atoms with Crippen LogP contribution in [0.1, 0.15) is 33.6 Å². The molecule has 4 heteroatoms. The smallest absolute Gasteiger partial charge is 0.237 e. The van der Waals surface area contributed by atoms with E-state index in [0.29, 0.717) is 12.5 Å². The number of nitrogens with two attached hydrogens (primary N) is 1. The first-order chi connectivity index (χ1) is 7.56. The standard InChI is InChI=1S/C12H24N2O2/c1-4-8(2)11(13)12(15)14-7-10-5-6-16-9(10)3/h8-11H,4-7,13H2,1-3H3,(H,14,15)/t8?,9?,10?,11-/m0/s1. The number of ether oxygens (including phenoxy) is 1. The summed E-state index contributed by atoms with van der Waals surface area (Å²) in [5, 5.41) is 2.93. The van der Waals surface area contributed by atoms with Crippen molar-refractivity contribution in [2.45, 2.75) is 45.8 Å². The minimum absolute atomic E-state index is 0.0338. The second-order valence-electron chi connectivity index (χ2n) is 4.78. The molecule has 4 atom stereocenters. The van der Waals surface area contributed by atoms with E-state index in [1.165, 1.54) is 0 Å². The van der Waals surface area contributed by atoms with Gasteiger partial charge in [0.2, 0.25) is 5.91 Å². The highest BCUT2D eigenvalue weighted by Gasteiger charge is 2.26. The van der Waals surface area contributed by atoms with Gasteiger partial charge in [-0.15, -0.1) is 0 Å². The Morgan fingerprint density at radius 3 is 2.81 bits per heavy atom. The third-order valence-corrected chi connectivity index (χ3v) is 3.63. The largest absolute Gasteiger partial charge is 0.378 e. The van der Waals surface area contributed by atoms with Crippen molar-refractivity contribution >= 4 is 5.91 Å². The van der Waals surface area contributed by atoms with E-state index < -0.39 is 0 Å². The van der Waals surface area contributed by atoms with Gasteiger partial charge < -0.3 is 15.8 Å². The van der Waals surface area contributed by atoms with E-state index in [9.17, 15) is 4.79 Å². The van der Waals surface area contributed by atoms with Gasteiger partial charge in [-0.3, -0.25) is 4.79 Å². The first kappa shape index (κ1) is 13.5. The van der Waals surface area contributed by atoms with Crippen LogP contribution in [0, 0.1) is 11.8 Å². The number of rotatable bonds is 5. The lowest BCUT2D eigenvalue weighted by molar-refractivity contribution is -0.123. The van der Waals surface area contributed by atoms with Crippen LogP contribution in [0.5, 0.6) is 0 Å². The fraction of sp³-hybridized carbons (Fsp3) is 0.917. The third-order valence-electron chi connectivity index (χ3n) is 3.63. The van der Waals surface area contributed by atoms with Gasteiger partial charge in [0.1, 0.15) is 0 Å². The monoisotopic (exact) mass is 228 g/mol. The summed E-state index contributed by atoms with van der Waals surface area (Å²) in [5.41, 5.74) is 5.85. The van der Waals surface area contributed by atoms with Gasteiger partial charge in [0.05, 0.1) is 12.1 Å². The molecule has 4 nitrogen and oxygen atoms in total. The molecule has 16 heavy (non-hydrogen) atoms. The molecular weight excluding hydrogens is 204 g/mol. The topological polar surface area (TPSA) is 64.4 Å². The maximum absolute atomic E-state index is 11.7. The quantitative estimate of drug-likeness (QED) is 0.735. The summed E-state index contributed by atoms with van der Waals surface area (Å²) < 4.78 is 5.44. The van der Waals surface area contributed by atoms with Crippen molar-refractivity contribution in [1.29, 1.82) is 0 Å². The first-order valence-electron chi connectivity index (χ1n) is 6.21. The molecule has 1 saturated heterocycles. The molecule has 1 rings (SSSR count). The summed E-state index contributed by atoms with van der Waals surface area (Å²) in [7, 11) is 0. The summed E-state index contributed by atoms with van der Waals surface area (Å²) >= 11 is 0. The molecule has 0 saturated carbocycles. The zero-order valence-corrected chi connectivity index (χ0v) is 10.5. The average Bonchev–Trinajstić information content (AvgIpc) is 2.69. The van der Waals surface area contributed by atoms with Crippen LogP contribution in [0.2, 0.25) is 0 Å². The molecule has 0 aromatic heterocycles. The lowest BCUT2D eigenvalue weighted by Crippen LogP contribution is -2.46. The minimum atomic E-state index is -0.386. The molecule has 0 aliphatic carbocycles. The van der Waals surface area contributed by atoms with Crippen LogP contribution in [0.3, 0.4) is 0 Å². The zero-order chi connectivity index (χ0) is 12.1. The SMILES string of the molecule is CCC(C)[C@H](N)C(=O)NCC1CCOC1C. The summed E-state index contributed by atoms with van der Waals surface area (Å²) in [5.74, 6) is 0.638. The molecular formula is C12H24N2O2. The lowest BCUT2D eigenvalue weighted by Gasteiger charge is -2.20.